The molecule has 1 aliphatic heterocycles. The molecule has 5 nitrogen and oxygen atoms in total. The van der Waals surface area contributed by atoms with Gasteiger partial charge in [-0.15, -0.1) is 12.4 Å². The van der Waals surface area contributed by atoms with Crippen LogP contribution in [0, 0.1) is 0 Å². The van der Waals surface area contributed by atoms with E-state index in [0.717, 1.165) is 18.8 Å². The standard InChI is InChI=1S/C17H19ClN4O.ClH/c18-16-8-7-15(11-20-16)22-17(23)21-14-5-3-12(4-6-14)13-2-1-9-19-10-13;/h3-8,11,13,19H,1-2,9-10H2,(H2,21,22,23);1H. The van der Waals surface area contributed by atoms with Gasteiger partial charge in [-0.05, 0) is 55.1 Å². The van der Waals surface area contributed by atoms with Crippen LogP contribution >= 0.6 is 24.0 Å². The topological polar surface area (TPSA) is 66.1 Å². The Bertz CT molecular complexity index is 655. The van der Waals surface area contributed by atoms with Crippen molar-refractivity contribution >= 4 is 41.4 Å². The lowest BCUT2D eigenvalue weighted by Crippen LogP contribution is -2.28. The van der Waals surface area contributed by atoms with E-state index in [2.05, 4.69) is 33.1 Å². The molecule has 24 heavy (non-hydrogen) atoms. The number of benzene rings is 1. The molecule has 7 heteroatoms. The van der Waals surface area contributed by atoms with Gasteiger partial charge in [-0.1, -0.05) is 23.7 Å². The highest BCUT2D eigenvalue weighted by molar-refractivity contribution is 6.29. The summed E-state index contributed by atoms with van der Waals surface area (Å²) in [6.07, 6.45) is 3.94. The summed E-state index contributed by atoms with van der Waals surface area (Å²) in [5, 5.41) is 9.33. The van der Waals surface area contributed by atoms with Crippen molar-refractivity contribution in [2.75, 3.05) is 23.7 Å². The first-order valence-corrected chi connectivity index (χ1v) is 8.09. The number of pyridine rings is 1. The van der Waals surface area contributed by atoms with Gasteiger partial charge in [0.15, 0.2) is 0 Å². The van der Waals surface area contributed by atoms with Gasteiger partial charge in [0, 0.05) is 12.2 Å². The molecule has 3 rings (SSSR count). The molecule has 0 radical (unpaired) electrons. The van der Waals surface area contributed by atoms with Crippen molar-refractivity contribution in [2.45, 2.75) is 18.8 Å². The molecule has 2 aromatic rings. The Morgan fingerprint density at radius 2 is 1.83 bits per heavy atom. The Labute approximate surface area is 152 Å². The summed E-state index contributed by atoms with van der Waals surface area (Å²) in [6, 6.07) is 11.1. The molecule has 0 aliphatic carbocycles. The summed E-state index contributed by atoms with van der Waals surface area (Å²) in [5.74, 6) is 0.562. The summed E-state index contributed by atoms with van der Waals surface area (Å²) in [6.45, 7) is 2.13. The van der Waals surface area contributed by atoms with Gasteiger partial charge in [-0.2, -0.15) is 0 Å². The Hall–Kier alpha value is -1.82. The number of nitrogens with one attached hydrogen (secondary N) is 3. The van der Waals surface area contributed by atoms with Crippen molar-refractivity contribution in [3.63, 3.8) is 0 Å². The second kappa shape index (κ2) is 8.87. The van der Waals surface area contributed by atoms with Crippen molar-refractivity contribution in [3.05, 3.63) is 53.3 Å². The number of amides is 2. The van der Waals surface area contributed by atoms with Crippen LogP contribution in [0.15, 0.2) is 42.6 Å². The smallest absolute Gasteiger partial charge is 0.316 e. The van der Waals surface area contributed by atoms with Gasteiger partial charge in [0.2, 0.25) is 0 Å². The average Bonchev–Trinajstić information content (AvgIpc) is 2.58. The van der Waals surface area contributed by atoms with Gasteiger partial charge in [-0.3, -0.25) is 0 Å². The molecule has 1 fully saturated rings. The van der Waals surface area contributed by atoms with Crippen LogP contribution in [0.2, 0.25) is 5.15 Å². The fourth-order valence-corrected chi connectivity index (χ4v) is 2.83. The van der Waals surface area contributed by atoms with Gasteiger partial charge in [0.05, 0.1) is 11.9 Å². The largest absolute Gasteiger partial charge is 0.323 e. The average molecular weight is 367 g/mol. The van der Waals surface area contributed by atoms with Crippen LogP contribution in [0.25, 0.3) is 0 Å². The van der Waals surface area contributed by atoms with Crippen molar-refractivity contribution in [3.8, 4) is 0 Å². The van der Waals surface area contributed by atoms with Crippen LogP contribution in [0.3, 0.4) is 0 Å². The Kier molecular flexibility index (Phi) is 6.85. The van der Waals surface area contributed by atoms with E-state index < -0.39 is 0 Å². The summed E-state index contributed by atoms with van der Waals surface area (Å²) in [7, 11) is 0. The van der Waals surface area contributed by atoms with E-state index in [1.165, 1.54) is 24.6 Å². The zero-order valence-corrected chi connectivity index (χ0v) is 14.7. The number of hydrogen-bond acceptors (Lipinski definition) is 3. The van der Waals surface area contributed by atoms with Crippen molar-refractivity contribution in [2.24, 2.45) is 0 Å². The van der Waals surface area contributed by atoms with Gasteiger partial charge in [0.1, 0.15) is 5.15 Å². The quantitative estimate of drug-likeness (QED) is 0.710. The minimum Gasteiger partial charge on any atom is -0.316 e. The molecule has 0 spiro atoms. The van der Waals surface area contributed by atoms with E-state index in [9.17, 15) is 4.79 Å². The highest BCUT2D eigenvalue weighted by Crippen LogP contribution is 2.24. The van der Waals surface area contributed by atoms with E-state index in [-0.39, 0.29) is 18.4 Å². The lowest BCUT2D eigenvalue weighted by atomic mass is 9.92. The molecule has 1 saturated heterocycles. The number of carbonyl (C=O) groups excluding carboxylic acids is 1. The molecule has 0 bridgehead atoms. The molecule has 1 aliphatic rings. The van der Waals surface area contributed by atoms with Gasteiger partial charge in [0.25, 0.3) is 0 Å². The maximum atomic E-state index is 12.0. The molecule has 1 unspecified atom stereocenters. The molecule has 0 saturated carbocycles. The number of rotatable bonds is 3. The van der Waals surface area contributed by atoms with Crippen LogP contribution in [0.4, 0.5) is 16.2 Å². The van der Waals surface area contributed by atoms with Crippen LogP contribution in [-0.2, 0) is 0 Å². The Balaban J connectivity index is 0.00000208. The first-order valence-electron chi connectivity index (χ1n) is 7.71. The Morgan fingerprint density at radius 3 is 2.46 bits per heavy atom. The van der Waals surface area contributed by atoms with E-state index in [4.69, 9.17) is 11.6 Å². The third-order valence-corrected chi connectivity index (χ3v) is 4.15. The predicted molar refractivity (Wildman–Crippen MR) is 100 cm³/mol. The van der Waals surface area contributed by atoms with Crippen LogP contribution in [0.1, 0.15) is 24.3 Å². The van der Waals surface area contributed by atoms with Crippen LogP contribution in [0.5, 0.6) is 0 Å². The second-order valence-corrected chi connectivity index (χ2v) is 6.00. The molecule has 1 atom stereocenters. The highest BCUT2D eigenvalue weighted by atomic mass is 35.5. The summed E-state index contributed by atoms with van der Waals surface area (Å²) in [4.78, 5) is 15.9. The SMILES string of the molecule is Cl.O=C(Nc1ccc(C2CCCNC2)cc1)Nc1ccc(Cl)nc1. The van der Waals surface area contributed by atoms with Crippen molar-refractivity contribution < 1.29 is 4.79 Å². The molecular formula is C17H20Cl2N4O. The molecule has 3 N–H and O–H groups in total. The summed E-state index contributed by atoms with van der Waals surface area (Å²) < 4.78 is 0. The lowest BCUT2D eigenvalue weighted by Gasteiger charge is -2.23. The lowest BCUT2D eigenvalue weighted by molar-refractivity contribution is 0.262. The van der Waals surface area contributed by atoms with E-state index >= 15 is 0 Å². The van der Waals surface area contributed by atoms with Crippen LogP contribution < -0.4 is 16.0 Å². The fourth-order valence-electron chi connectivity index (χ4n) is 2.72. The maximum absolute atomic E-state index is 12.0. The normalized spacial score (nSPS) is 16.8. The number of hydrogen-bond donors (Lipinski definition) is 3. The third kappa shape index (κ3) is 5.09. The number of piperidine rings is 1. The van der Waals surface area contributed by atoms with E-state index in [1.807, 2.05) is 12.1 Å². The van der Waals surface area contributed by atoms with Crippen molar-refractivity contribution in [1.82, 2.24) is 10.3 Å². The third-order valence-electron chi connectivity index (χ3n) is 3.92. The molecule has 1 aromatic carbocycles. The molecule has 2 amide bonds. The summed E-state index contributed by atoms with van der Waals surface area (Å²) >= 11 is 5.71. The van der Waals surface area contributed by atoms with Crippen molar-refractivity contribution in [1.29, 1.82) is 0 Å². The second-order valence-electron chi connectivity index (χ2n) is 5.61. The minimum absolute atomic E-state index is 0. The van der Waals surface area contributed by atoms with E-state index in [0.29, 0.717) is 16.8 Å². The van der Waals surface area contributed by atoms with Gasteiger partial charge >= 0.3 is 6.03 Å². The first kappa shape index (κ1) is 18.5. The highest BCUT2D eigenvalue weighted by Gasteiger charge is 2.14. The molecular weight excluding hydrogens is 347 g/mol. The molecule has 2 heterocycles. The Morgan fingerprint density at radius 1 is 1.12 bits per heavy atom. The zero-order chi connectivity index (χ0) is 16.1. The predicted octanol–water partition coefficient (Wildman–Crippen LogP) is 4.27. The number of nitrogens with zero attached hydrogens (tertiary/aromatic N) is 1. The fraction of sp³-hybridized carbons (Fsp3) is 0.294. The first-order chi connectivity index (χ1) is 11.2. The number of anilines is 2. The van der Waals surface area contributed by atoms with Gasteiger partial charge < -0.3 is 16.0 Å². The number of halogens is 2. The molecule has 128 valence electrons. The monoisotopic (exact) mass is 366 g/mol. The maximum Gasteiger partial charge on any atom is 0.323 e. The summed E-state index contributed by atoms with van der Waals surface area (Å²) in [5.41, 5.74) is 2.67. The zero-order valence-electron chi connectivity index (χ0n) is 13.1. The van der Waals surface area contributed by atoms with E-state index in [1.54, 1.807) is 12.1 Å². The number of aromatic nitrogens is 1. The number of carbonyl (C=O) groups is 1. The minimum atomic E-state index is -0.304. The van der Waals surface area contributed by atoms with Crippen LogP contribution in [-0.4, -0.2) is 24.1 Å². The molecule has 1 aromatic heterocycles. The number of urea groups is 1. The van der Waals surface area contributed by atoms with Gasteiger partial charge in [-0.25, -0.2) is 9.78 Å².